The number of furan rings is 1. The van der Waals surface area contributed by atoms with Gasteiger partial charge in [0, 0.05) is 19.8 Å². The molecule has 0 bridgehead atoms. The van der Waals surface area contributed by atoms with E-state index in [4.69, 9.17) is 8.94 Å². The summed E-state index contributed by atoms with van der Waals surface area (Å²) < 4.78 is 10.0. The molecule has 0 N–H and O–H groups in total. The third-order valence-electron chi connectivity index (χ3n) is 1.74. The molecule has 4 heteroatoms. The van der Waals surface area contributed by atoms with Crippen LogP contribution in [0.5, 0.6) is 0 Å². The average Bonchev–Trinajstić information content (AvgIpc) is 2.71. The predicted molar refractivity (Wildman–Crippen MR) is 45.2 cm³/mol. The van der Waals surface area contributed by atoms with Crippen LogP contribution in [0, 0.1) is 6.92 Å². The van der Waals surface area contributed by atoms with Gasteiger partial charge in [-0.3, -0.25) is 0 Å². The second kappa shape index (κ2) is 3.43. The molecule has 4 nitrogen and oxygen atoms in total. The molecule has 0 unspecified atom stereocenters. The van der Waals surface area contributed by atoms with Gasteiger partial charge in [0.05, 0.1) is 6.26 Å². The van der Waals surface area contributed by atoms with Gasteiger partial charge in [-0.2, -0.15) is 4.98 Å². The standard InChI is InChI=1S/C9H10N2O2/c1-7-10-9(11-13-7)5-4-8-3-2-6-12-8/h2-3,6H,4-5H2,1H3. The fourth-order valence-corrected chi connectivity index (χ4v) is 1.13. The van der Waals surface area contributed by atoms with E-state index in [0.29, 0.717) is 5.89 Å². The Morgan fingerprint density at radius 2 is 2.31 bits per heavy atom. The first-order chi connectivity index (χ1) is 6.34. The van der Waals surface area contributed by atoms with Gasteiger partial charge in [-0.1, -0.05) is 5.16 Å². The van der Waals surface area contributed by atoms with E-state index < -0.39 is 0 Å². The van der Waals surface area contributed by atoms with Gasteiger partial charge in [-0.15, -0.1) is 0 Å². The molecule has 0 saturated heterocycles. The summed E-state index contributed by atoms with van der Waals surface area (Å²) in [6, 6.07) is 3.81. The Morgan fingerprint density at radius 1 is 1.38 bits per heavy atom. The Bertz CT molecular complexity index is 365. The summed E-state index contributed by atoms with van der Waals surface area (Å²) in [5.74, 6) is 2.28. The van der Waals surface area contributed by atoms with Crippen molar-refractivity contribution in [2.75, 3.05) is 0 Å². The van der Waals surface area contributed by atoms with Gasteiger partial charge in [0.1, 0.15) is 5.76 Å². The highest BCUT2D eigenvalue weighted by atomic mass is 16.5. The lowest BCUT2D eigenvalue weighted by molar-refractivity contribution is 0.386. The number of rotatable bonds is 3. The zero-order chi connectivity index (χ0) is 9.10. The van der Waals surface area contributed by atoms with E-state index in [1.807, 2.05) is 12.1 Å². The lowest BCUT2D eigenvalue weighted by atomic mass is 10.2. The smallest absolute Gasteiger partial charge is 0.223 e. The van der Waals surface area contributed by atoms with E-state index in [9.17, 15) is 0 Å². The lowest BCUT2D eigenvalue weighted by Gasteiger charge is -1.90. The van der Waals surface area contributed by atoms with E-state index in [1.54, 1.807) is 13.2 Å². The summed E-state index contributed by atoms with van der Waals surface area (Å²) in [4.78, 5) is 4.09. The summed E-state index contributed by atoms with van der Waals surface area (Å²) >= 11 is 0. The zero-order valence-electron chi connectivity index (χ0n) is 7.36. The van der Waals surface area contributed by atoms with Crippen molar-refractivity contribution in [1.82, 2.24) is 10.1 Å². The number of aryl methyl sites for hydroxylation is 3. The molecule has 0 aliphatic rings. The maximum atomic E-state index is 5.18. The highest BCUT2D eigenvalue weighted by Gasteiger charge is 2.03. The molecule has 0 aliphatic carbocycles. The Morgan fingerprint density at radius 3 is 2.92 bits per heavy atom. The number of hydrogen-bond donors (Lipinski definition) is 0. The highest BCUT2D eigenvalue weighted by molar-refractivity contribution is 5.00. The second-order valence-electron chi connectivity index (χ2n) is 2.81. The van der Waals surface area contributed by atoms with Crippen LogP contribution < -0.4 is 0 Å². The van der Waals surface area contributed by atoms with Gasteiger partial charge in [0.25, 0.3) is 0 Å². The molecule has 2 aromatic heterocycles. The van der Waals surface area contributed by atoms with Crippen molar-refractivity contribution in [3.8, 4) is 0 Å². The van der Waals surface area contributed by atoms with E-state index in [2.05, 4.69) is 10.1 Å². The quantitative estimate of drug-likeness (QED) is 0.718. The zero-order valence-corrected chi connectivity index (χ0v) is 7.36. The van der Waals surface area contributed by atoms with Gasteiger partial charge in [0.2, 0.25) is 5.89 Å². The van der Waals surface area contributed by atoms with E-state index in [1.165, 1.54) is 0 Å². The molecule has 13 heavy (non-hydrogen) atoms. The lowest BCUT2D eigenvalue weighted by Crippen LogP contribution is -1.91. The maximum Gasteiger partial charge on any atom is 0.223 e. The Labute approximate surface area is 75.6 Å². The second-order valence-corrected chi connectivity index (χ2v) is 2.81. The van der Waals surface area contributed by atoms with Crippen LogP contribution >= 0.6 is 0 Å². The Hall–Kier alpha value is -1.58. The molecule has 0 saturated carbocycles. The van der Waals surface area contributed by atoms with Crippen molar-refractivity contribution >= 4 is 0 Å². The van der Waals surface area contributed by atoms with Crippen LogP contribution in [-0.4, -0.2) is 10.1 Å². The van der Waals surface area contributed by atoms with Crippen molar-refractivity contribution in [3.05, 3.63) is 35.9 Å². The van der Waals surface area contributed by atoms with Gasteiger partial charge in [-0.05, 0) is 12.1 Å². The summed E-state index contributed by atoms with van der Waals surface area (Å²) in [6.07, 6.45) is 3.23. The van der Waals surface area contributed by atoms with Crippen LogP contribution in [-0.2, 0) is 12.8 Å². The molecular formula is C9H10N2O2. The van der Waals surface area contributed by atoms with Gasteiger partial charge < -0.3 is 8.94 Å². The maximum absolute atomic E-state index is 5.18. The predicted octanol–water partition coefficient (Wildman–Crippen LogP) is 1.76. The van der Waals surface area contributed by atoms with E-state index in [-0.39, 0.29) is 0 Å². The van der Waals surface area contributed by atoms with Crippen molar-refractivity contribution < 1.29 is 8.94 Å². The normalized spacial score (nSPS) is 10.5. The molecule has 2 heterocycles. The number of nitrogens with zero attached hydrogens (tertiary/aromatic N) is 2. The minimum atomic E-state index is 0.606. The van der Waals surface area contributed by atoms with Crippen molar-refractivity contribution in [3.63, 3.8) is 0 Å². The fraction of sp³-hybridized carbons (Fsp3) is 0.333. The minimum absolute atomic E-state index is 0.606. The van der Waals surface area contributed by atoms with Gasteiger partial charge >= 0.3 is 0 Å². The Kier molecular flexibility index (Phi) is 2.12. The molecule has 0 aliphatic heterocycles. The first-order valence-electron chi connectivity index (χ1n) is 4.16. The first-order valence-corrected chi connectivity index (χ1v) is 4.16. The molecule has 0 atom stereocenters. The van der Waals surface area contributed by atoms with Crippen LogP contribution in [0.4, 0.5) is 0 Å². The fourth-order valence-electron chi connectivity index (χ4n) is 1.13. The summed E-state index contributed by atoms with van der Waals surface area (Å²) in [6.45, 7) is 1.78. The molecular weight excluding hydrogens is 168 g/mol. The van der Waals surface area contributed by atoms with Crippen LogP contribution in [0.3, 0.4) is 0 Å². The van der Waals surface area contributed by atoms with Crippen LogP contribution in [0.25, 0.3) is 0 Å². The van der Waals surface area contributed by atoms with E-state index >= 15 is 0 Å². The molecule has 2 aromatic rings. The van der Waals surface area contributed by atoms with Crippen LogP contribution in [0.1, 0.15) is 17.5 Å². The highest BCUT2D eigenvalue weighted by Crippen LogP contribution is 2.05. The molecule has 0 radical (unpaired) electrons. The number of aromatic nitrogens is 2. The summed E-state index contributed by atoms with van der Waals surface area (Å²) in [5, 5.41) is 3.79. The van der Waals surface area contributed by atoms with Crippen LogP contribution in [0.2, 0.25) is 0 Å². The molecule has 0 fully saturated rings. The molecule has 0 spiro atoms. The number of hydrogen-bond acceptors (Lipinski definition) is 4. The SMILES string of the molecule is Cc1nc(CCc2ccco2)no1. The van der Waals surface area contributed by atoms with Gasteiger partial charge in [-0.25, -0.2) is 0 Å². The van der Waals surface area contributed by atoms with E-state index in [0.717, 1.165) is 24.4 Å². The molecule has 0 aromatic carbocycles. The first kappa shape index (κ1) is 8.04. The van der Waals surface area contributed by atoms with Crippen molar-refractivity contribution in [2.45, 2.75) is 19.8 Å². The minimum Gasteiger partial charge on any atom is -0.469 e. The average molecular weight is 178 g/mol. The third-order valence-corrected chi connectivity index (χ3v) is 1.74. The van der Waals surface area contributed by atoms with Crippen molar-refractivity contribution in [1.29, 1.82) is 0 Å². The summed E-state index contributed by atoms with van der Waals surface area (Å²) in [5.41, 5.74) is 0. The molecule has 0 amide bonds. The Balaban J connectivity index is 1.93. The van der Waals surface area contributed by atoms with Crippen molar-refractivity contribution in [2.24, 2.45) is 0 Å². The topological polar surface area (TPSA) is 52.1 Å². The van der Waals surface area contributed by atoms with Gasteiger partial charge in [0.15, 0.2) is 5.82 Å². The third kappa shape index (κ3) is 1.96. The molecule has 2 rings (SSSR count). The molecule has 68 valence electrons. The largest absolute Gasteiger partial charge is 0.469 e. The van der Waals surface area contributed by atoms with Crippen LogP contribution in [0.15, 0.2) is 27.3 Å². The monoisotopic (exact) mass is 178 g/mol. The summed E-state index contributed by atoms with van der Waals surface area (Å²) in [7, 11) is 0.